The number of hydrogen-bond acceptors (Lipinski definition) is 3. The molecule has 5 nitrogen and oxygen atoms in total. The average molecular weight is 276 g/mol. The predicted octanol–water partition coefficient (Wildman–Crippen LogP) is 0.973. The summed E-state index contributed by atoms with van der Waals surface area (Å²) in [6.45, 7) is 10.1. The maximum absolute atomic E-state index is 11.7. The van der Waals surface area contributed by atoms with Crippen molar-refractivity contribution in [3.8, 4) is 0 Å². The summed E-state index contributed by atoms with van der Waals surface area (Å²) in [6.07, 6.45) is 2.17. The molecular formula is C13H22B2N2O3. The molecule has 0 aromatic carbocycles. The van der Waals surface area contributed by atoms with Crippen LogP contribution in [0.15, 0.2) is 12.2 Å². The van der Waals surface area contributed by atoms with E-state index in [-0.39, 0.29) is 5.91 Å². The van der Waals surface area contributed by atoms with Gasteiger partial charge in [-0.2, -0.15) is 0 Å². The number of alkyl carbamates (subject to hydrolysis) is 1. The van der Waals surface area contributed by atoms with E-state index in [1.165, 1.54) is 6.08 Å². The second-order valence-corrected chi connectivity index (χ2v) is 6.11. The lowest BCUT2D eigenvalue weighted by atomic mass is 9.52. The van der Waals surface area contributed by atoms with Crippen molar-refractivity contribution in [1.29, 1.82) is 0 Å². The van der Waals surface area contributed by atoms with Crippen molar-refractivity contribution in [3.63, 3.8) is 0 Å². The topological polar surface area (TPSA) is 67.4 Å². The number of ether oxygens (including phenoxy) is 1. The van der Waals surface area contributed by atoms with Crippen molar-refractivity contribution in [2.45, 2.75) is 58.0 Å². The summed E-state index contributed by atoms with van der Waals surface area (Å²) in [4.78, 5) is 23.3. The van der Waals surface area contributed by atoms with E-state index in [2.05, 4.69) is 10.6 Å². The smallest absolute Gasteiger partial charge is 0.406 e. The molecule has 0 aliphatic carbocycles. The fourth-order valence-corrected chi connectivity index (χ4v) is 1.23. The molecule has 4 radical (unpaired) electrons. The molecule has 0 aromatic rings. The molecule has 0 spiro atoms. The van der Waals surface area contributed by atoms with Crippen LogP contribution in [-0.2, 0) is 9.53 Å². The van der Waals surface area contributed by atoms with E-state index in [9.17, 15) is 9.59 Å². The molecule has 0 bridgehead atoms. The normalized spacial score (nSPS) is 13.1. The maximum atomic E-state index is 11.7. The Labute approximate surface area is 123 Å². The Kier molecular flexibility index (Phi) is 5.93. The van der Waals surface area contributed by atoms with E-state index in [0.29, 0.717) is 0 Å². The number of allylic oxidation sites excluding steroid dienone is 1. The lowest BCUT2D eigenvalue weighted by Gasteiger charge is -2.43. The molecule has 20 heavy (non-hydrogen) atoms. The SMILES string of the molecule is [B]C([B])(NC(=O)OC(C)(C)C)C(C)(C)NC(=O)/C=C/C. The molecule has 0 fully saturated rings. The number of hydrogen-bond donors (Lipinski definition) is 2. The molecule has 0 unspecified atom stereocenters. The van der Waals surface area contributed by atoms with Gasteiger partial charge < -0.3 is 15.4 Å². The summed E-state index contributed by atoms with van der Waals surface area (Å²) in [5, 5.41) is 3.30. The third-order valence-corrected chi connectivity index (χ3v) is 2.50. The highest BCUT2D eigenvalue weighted by Gasteiger charge is 2.38. The molecule has 108 valence electrons. The summed E-state index contributed by atoms with van der Waals surface area (Å²) >= 11 is 0. The van der Waals surface area contributed by atoms with Gasteiger partial charge in [0.25, 0.3) is 0 Å². The summed E-state index contributed by atoms with van der Waals surface area (Å²) < 4.78 is 5.08. The first-order valence-corrected chi connectivity index (χ1v) is 6.34. The zero-order valence-corrected chi connectivity index (χ0v) is 13.0. The van der Waals surface area contributed by atoms with Crippen LogP contribution in [0.3, 0.4) is 0 Å². The van der Waals surface area contributed by atoms with E-state index < -0.39 is 22.6 Å². The first-order valence-electron chi connectivity index (χ1n) is 6.34. The van der Waals surface area contributed by atoms with Gasteiger partial charge in [0.05, 0.1) is 15.7 Å². The molecule has 0 atom stereocenters. The molecule has 0 aliphatic heterocycles. The van der Waals surface area contributed by atoms with Crippen molar-refractivity contribution in [2.75, 3.05) is 0 Å². The number of nitrogens with one attached hydrogen (secondary N) is 2. The lowest BCUT2D eigenvalue weighted by molar-refractivity contribution is -0.118. The van der Waals surface area contributed by atoms with Crippen LogP contribution in [0.5, 0.6) is 0 Å². The quantitative estimate of drug-likeness (QED) is 0.594. The van der Waals surface area contributed by atoms with Gasteiger partial charge in [-0.1, -0.05) is 6.08 Å². The van der Waals surface area contributed by atoms with Crippen molar-refractivity contribution in [1.82, 2.24) is 10.6 Å². The highest BCUT2D eigenvalue weighted by molar-refractivity contribution is 6.42. The fourth-order valence-electron chi connectivity index (χ4n) is 1.23. The highest BCUT2D eigenvalue weighted by atomic mass is 16.6. The molecule has 7 heteroatoms. The van der Waals surface area contributed by atoms with Crippen molar-refractivity contribution < 1.29 is 14.3 Å². The van der Waals surface area contributed by atoms with E-state index in [4.69, 9.17) is 20.4 Å². The summed E-state index contributed by atoms with van der Waals surface area (Å²) in [7, 11) is 11.8. The van der Waals surface area contributed by atoms with Crippen LogP contribution < -0.4 is 10.6 Å². The van der Waals surface area contributed by atoms with E-state index in [1.807, 2.05) is 0 Å². The summed E-state index contributed by atoms with van der Waals surface area (Å²) in [6, 6.07) is 0. The number of carbonyl (C=O) groups excluding carboxylic acids is 2. The van der Waals surface area contributed by atoms with Crippen molar-refractivity contribution in [3.05, 3.63) is 12.2 Å². The number of rotatable bonds is 4. The van der Waals surface area contributed by atoms with Crippen molar-refractivity contribution in [2.24, 2.45) is 0 Å². The van der Waals surface area contributed by atoms with Crippen LogP contribution >= 0.6 is 0 Å². The summed E-state index contributed by atoms with van der Waals surface area (Å²) in [5.74, 6) is -0.358. The zero-order chi connectivity index (χ0) is 16.2. The highest BCUT2D eigenvalue weighted by Crippen LogP contribution is 2.17. The maximum Gasteiger partial charge on any atom is 0.406 e. The van der Waals surface area contributed by atoms with Gasteiger partial charge in [0.1, 0.15) is 5.60 Å². The number of amides is 2. The Morgan fingerprint density at radius 2 is 1.55 bits per heavy atom. The molecular weight excluding hydrogens is 254 g/mol. The Hall–Kier alpha value is -1.39. The largest absolute Gasteiger partial charge is 0.444 e. The van der Waals surface area contributed by atoms with Crippen LogP contribution in [0.2, 0.25) is 0 Å². The molecule has 0 saturated heterocycles. The predicted molar refractivity (Wildman–Crippen MR) is 80.6 cm³/mol. The van der Waals surface area contributed by atoms with Gasteiger partial charge in [-0.15, -0.1) is 0 Å². The Morgan fingerprint density at radius 3 is 1.95 bits per heavy atom. The summed E-state index contributed by atoms with van der Waals surface area (Å²) in [5.41, 5.74) is -1.75. The Balaban J connectivity index is 4.84. The minimum atomic E-state index is -1.67. The minimum absolute atomic E-state index is 0.358. The average Bonchev–Trinajstić information content (AvgIpc) is 2.11. The standard InChI is InChI=1S/C13H22B2N2O3/c1-7-8-9(18)16-12(5,6)13(14,15)17-10(19)20-11(2,3)4/h7-8H,1-6H3,(H,16,18)(H,17,19)/b8-7+. The Morgan fingerprint density at radius 1 is 1.05 bits per heavy atom. The van der Waals surface area contributed by atoms with Gasteiger partial charge in [-0.25, -0.2) is 4.79 Å². The number of carbonyl (C=O) groups is 2. The zero-order valence-electron chi connectivity index (χ0n) is 13.0. The third-order valence-electron chi connectivity index (χ3n) is 2.50. The molecule has 0 saturated carbocycles. The van der Waals surface area contributed by atoms with Gasteiger partial charge in [0.15, 0.2) is 0 Å². The van der Waals surface area contributed by atoms with Gasteiger partial charge in [-0.3, -0.25) is 4.79 Å². The minimum Gasteiger partial charge on any atom is -0.444 e. The van der Waals surface area contributed by atoms with Gasteiger partial charge in [0, 0.05) is 5.54 Å². The molecule has 2 amide bonds. The van der Waals surface area contributed by atoms with E-state index in [1.54, 1.807) is 47.6 Å². The molecule has 0 aromatic heterocycles. The molecule has 2 N–H and O–H groups in total. The second kappa shape index (κ2) is 6.37. The van der Waals surface area contributed by atoms with Gasteiger partial charge in [0.2, 0.25) is 5.91 Å². The molecule has 0 rings (SSSR count). The van der Waals surface area contributed by atoms with Crippen LogP contribution in [0.1, 0.15) is 41.5 Å². The van der Waals surface area contributed by atoms with Crippen LogP contribution in [-0.4, -0.2) is 44.2 Å². The Bertz CT molecular complexity index is 399. The van der Waals surface area contributed by atoms with Gasteiger partial charge in [-0.05, 0) is 53.0 Å². The van der Waals surface area contributed by atoms with E-state index >= 15 is 0 Å². The van der Waals surface area contributed by atoms with Crippen LogP contribution in [0.25, 0.3) is 0 Å². The van der Waals surface area contributed by atoms with Crippen LogP contribution in [0, 0.1) is 0 Å². The van der Waals surface area contributed by atoms with Gasteiger partial charge >= 0.3 is 6.09 Å². The van der Waals surface area contributed by atoms with E-state index in [0.717, 1.165) is 0 Å². The first kappa shape index (κ1) is 18.6. The third kappa shape index (κ3) is 6.17. The van der Waals surface area contributed by atoms with Crippen LogP contribution in [0.4, 0.5) is 4.79 Å². The fraction of sp³-hybridized carbons (Fsp3) is 0.692. The first-order chi connectivity index (χ1) is 8.81. The monoisotopic (exact) mass is 276 g/mol. The lowest BCUT2D eigenvalue weighted by Crippen LogP contribution is -2.69. The van der Waals surface area contributed by atoms with Crippen molar-refractivity contribution >= 4 is 27.7 Å². The second-order valence-electron chi connectivity index (χ2n) is 6.11. The molecule has 0 aliphatic rings. The molecule has 0 heterocycles.